The number of esters is 1. The summed E-state index contributed by atoms with van der Waals surface area (Å²) in [5.41, 5.74) is 3.39. The Morgan fingerprint density at radius 3 is 2.10 bits per heavy atom. The van der Waals surface area contributed by atoms with E-state index in [4.69, 9.17) is 4.74 Å². The molecule has 0 aliphatic heterocycles. The molecule has 0 radical (unpaired) electrons. The highest BCUT2D eigenvalue weighted by atomic mass is 16.5. The van der Waals surface area contributed by atoms with E-state index in [0.717, 1.165) is 11.1 Å². The number of rotatable bonds is 4. The lowest BCUT2D eigenvalue weighted by Crippen LogP contribution is -2.11. The summed E-state index contributed by atoms with van der Waals surface area (Å²) in [6, 6.07) is 17.9. The average Bonchev–Trinajstić information content (AvgIpc) is 2.46. The largest absolute Gasteiger partial charge is 0.461 e. The molecular formula is C19H22O2. The molecule has 0 aromatic heterocycles. The molecule has 2 aromatic rings. The Balaban J connectivity index is 1.88. The van der Waals surface area contributed by atoms with Crippen LogP contribution >= 0.6 is 0 Å². The summed E-state index contributed by atoms with van der Waals surface area (Å²) < 4.78 is 5.29. The molecule has 2 aromatic carbocycles. The molecule has 2 rings (SSSR count). The Hall–Kier alpha value is -2.09. The molecule has 0 aliphatic rings. The van der Waals surface area contributed by atoms with Gasteiger partial charge in [0.2, 0.25) is 0 Å². The van der Waals surface area contributed by atoms with E-state index in [-0.39, 0.29) is 11.4 Å². The van der Waals surface area contributed by atoms with Gasteiger partial charge in [0.25, 0.3) is 0 Å². The van der Waals surface area contributed by atoms with Crippen LogP contribution in [0.2, 0.25) is 0 Å². The third-order valence-electron chi connectivity index (χ3n) is 3.41. The molecule has 0 fully saturated rings. The molecule has 0 aliphatic carbocycles. The number of ether oxygens (including phenoxy) is 1. The quantitative estimate of drug-likeness (QED) is 0.783. The lowest BCUT2D eigenvalue weighted by Gasteiger charge is -2.19. The SMILES string of the molecule is CC(C)(C)c1ccc(CC(=O)OCc2ccccc2)cc1. The molecule has 110 valence electrons. The van der Waals surface area contributed by atoms with Crippen LogP contribution in [0.25, 0.3) is 0 Å². The van der Waals surface area contributed by atoms with E-state index >= 15 is 0 Å². The fraction of sp³-hybridized carbons (Fsp3) is 0.316. The van der Waals surface area contributed by atoms with Crippen molar-refractivity contribution in [1.29, 1.82) is 0 Å². The maximum atomic E-state index is 11.8. The van der Waals surface area contributed by atoms with Crippen molar-refractivity contribution in [2.24, 2.45) is 0 Å². The van der Waals surface area contributed by atoms with Crippen molar-refractivity contribution >= 4 is 5.97 Å². The molecular weight excluding hydrogens is 260 g/mol. The molecule has 2 heteroatoms. The molecule has 0 unspecified atom stereocenters. The first-order valence-electron chi connectivity index (χ1n) is 7.24. The van der Waals surface area contributed by atoms with Crippen LogP contribution in [0.3, 0.4) is 0 Å². The van der Waals surface area contributed by atoms with Crippen LogP contribution in [-0.4, -0.2) is 5.97 Å². The molecule has 0 spiro atoms. The third kappa shape index (κ3) is 4.75. The Kier molecular flexibility index (Phi) is 4.79. The van der Waals surface area contributed by atoms with Crippen LogP contribution in [0, 0.1) is 0 Å². The van der Waals surface area contributed by atoms with Gasteiger partial charge in [-0.2, -0.15) is 0 Å². The average molecular weight is 282 g/mol. The van der Waals surface area contributed by atoms with Crippen LogP contribution < -0.4 is 0 Å². The highest BCUT2D eigenvalue weighted by Crippen LogP contribution is 2.22. The van der Waals surface area contributed by atoms with Gasteiger partial charge in [0, 0.05) is 0 Å². The predicted molar refractivity (Wildman–Crippen MR) is 85.1 cm³/mol. The smallest absolute Gasteiger partial charge is 0.310 e. The third-order valence-corrected chi connectivity index (χ3v) is 3.41. The van der Waals surface area contributed by atoms with E-state index in [9.17, 15) is 4.79 Å². The zero-order valence-corrected chi connectivity index (χ0v) is 12.9. The van der Waals surface area contributed by atoms with Gasteiger partial charge in [-0.1, -0.05) is 75.4 Å². The van der Waals surface area contributed by atoms with E-state index < -0.39 is 0 Å². The molecule has 21 heavy (non-hydrogen) atoms. The Labute approximate surface area is 126 Å². The number of hydrogen-bond acceptors (Lipinski definition) is 2. The lowest BCUT2D eigenvalue weighted by molar-refractivity contribution is -0.144. The summed E-state index contributed by atoms with van der Waals surface area (Å²) in [5.74, 6) is -0.192. The minimum absolute atomic E-state index is 0.131. The molecule has 0 atom stereocenters. The zero-order valence-electron chi connectivity index (χ0n) is 12.9. The van der Waals surface area contributed by atoms with Crippen molar-refractivity contribution in [2.75, 3.05) is 0 Å². The van der Waals surface area contributed by atoms with Crippen LogP contribution in [0.1, 0.15) is 37.5 Å². The van der Waals surface area contributed by atoms with Gasteiger partial charge in [-0.3, -0.25) is 4.79 Å². The highest BCUT2D eigenvalue weighted by molar-refractivity contribution is 5.72. The molecule has 0 amide bonds. The second-order valence-corrected chi connectivity index (χ2v) is 6.27. The van der Waals surface area contributed by atoms with Crippen LogP contribution in [0.15, 0.2) is 54.6 Å². The molecule has 0 saturated carbocycles. The first-order valence-corrected chi connectivity index (χ1v) is 7.24. The first kappa shape index (κ1) is 15.3. The minimum atomic E-state index is -0.192. The second-order valence-electron chi connectivity index (χ2n) is 6.27. The fourth-order valence-corrected chi connectivity index (χ4v) is 2.08. The number of carbonyl (C=O) groups excluding carboxylic acids is 1. The molecule has 0 N–H and O–H groups in total. The van der Waals surface area contributed by atoms with Gasteiger partial charge in [0.15, 0.2) is 0 Å². The zero-order chi connectivity index (χ0) is 15.3. The molecule has 0 bridgehead atoms. The van der Waals surface area contributed by atoms with Crippen molar-refractivity contribution in [3.63, 3.8) is 0 Å². The van der Waals surface area contributed by atoms with Gasteiger partial charge in [0.05, 0.1) is 6.42 Å². The minimum Gasteiger partial charge on any atom is -0.461 e. The van der Waals surface area contributed by atoms with Gasteiger partial charge in [-0.25, -0.2) is 0 Å². The Morgan fingerprint density at radius 1 is 0.905 bits per heavy atom. The van der Waals surface area contributed by atoms with E-state index in [2.05, 4.69) is 32.9 Å². The Bertz CT molecular complexity index is 577. The van der Waals surface area contributed by atoms with Crippen molar-refractivity contribution in [2.45, 2.75) is 39.2 Å². The van der Waals surface area contributed by atoms with Gasteiger partial charge < -0.3 is 4.74 Å². The molecule has 0 heterocycles. The summed E-state index contributed by atoms with van der Waals surface area (Å²) >= 11 is 0. The monoisotopic (exact) mass is 282 g/mol. The van der Waals surface area contributed by atoms with E-state index in [1.54, 1.807) is 0 Å². The topological polar surface area (TPSA) is 26.3 Å². The van der Waals surface area contributed by atoms with Gasteiger partial charge >= 0.3 is 5.97 Å². The molecule has 2 nitrogen and oxygen atoms in total. The van der Waals surface area contributed by atoms with E-state index in [1.807, 2.05) is 42.5 Å². The van der Waals surface area contributed by atoms with E-state index in [1.165, 1.54) is 5.56 Å². The van der Waals surface area contributed by atoms with Gasteiger partial charge in [-0.05, 0) is 22.1 Å². The Morgan fingerprint density at radius 2 is 1.52 bits per heavy atom. The lowest BCUT2D eigenvalue weighted by atomic mass is 9.86. The van der Waals surface area contributed by atoms with Gasteiger partial charge in [-0.15, -0.1) is 0 Å². The van der Waals surface area contributed by atoms with Gasteiger partial charge in [0.1, 0.15) is 6.61 Å². The van der Waals surface area contributed by atoms with Crippen LogP contribution in [0.5, 0.6) is 0 Å². The van der Waals surface area contributed by atoms with Crippen LogP contribution in [0.4, 0.5) is 0 Å². The molecule has 0 saturated heterocycles. The summed E-state index contributed by atoms with van der Waals surface area (Å²) in [6.45, 7) is 6.86. The summed E-state index contributed by atoms with van der Waals surface area (Å²) in [7, 11) is 0. The van der Waals surface area contributed by atoms with E-state index in [0.29, 0.717) is 13.0 Å². The van der Waals surface area contributed by atoms with Crippen molar-refractivity contribution < 1.29 is 9.53 Å². The first-order chi connectivity index (χ1) is 9.95. The van der Waals surface area contributed by atoms with Crippen molar-refractivity contribution in [3.8, 4) is 0 Å². The number of benzene rings is 2. The standard InChI is InChI=1S/C19H22O2/c1-19(2,3)17-11-9-15(10-12-17)13-18(20)21-14-16-7-5-4-6-8-16/h4-12H,13-14H2,1-3H3. The maximum Gasteiger partial charge on any atom is 0.310 e. The van der Waals surface area contributed by atoms with Crippen molar-refractivity contribution in [1.82, 2.24) is 0 Å². The predicted octanol–water partition coefficient (Wildman–Crippen LogP) is 4.27. The maximum absolute atomic E-state index is 11.8. The van der Waals surface area contributed by atoms with Crippen LogP contribution in [-0.2, 0) is 28.0 Å². The van der Waals surface area contributed by atoms with Crippen molar-refractivity contribution in [3.05, 3.63) is 71.3 Å². The number of hydrogen-bond donors (Lipinski definition) is 0. The highest BCUT2D eigenvalue weighted by Gasteiger charge is 2.13. The summed E-state index contributed by atoms with van der Waals surface area (Å²) in [4.78, 5) is 11.8. The number of carbonyl (C=O) groups is 1. The summed E-state index contributed by atoms with van der Waals surface area (Å²) in [6.07, 6.45) is 0.317. The fourth-order valence-electron chi connectivity index (χ4n) is 2.08. The summed E-state index contributed by atoms with van der Waals surface area (Å²) in [5, 5.41) is 0. The second kappa shape index (κ2) is 6.57. The normalized spacial score (nSPS) is 11.2.